The number of hydrogen-bond donors (Lipinski definition) is 1. The Labute approximate surface area is 96.4 Å². The molecule has 0 aliphatic carbocycles. The molecule has 1 aromatic rings. The standard InChI is InChI=1S/C12H20N2O2/c1-2-11-9-16-6-4-14(11)12(7-13)10-3-5-15-8-10/h3,5,8,11-12H,2,4,6-7,9,13H2,1H3. The lowest BCUT2D eigenvalue weighted by Gasteiger charge is -2.40. The van der Waals surface area contributed by atoms with Crippen LogP contribution in [0.5, 0.6) is 0 Å². The van der Waals surface area contributed by atoms with Crippen molar-refractivity contribution in [1.82, 2.24) is 4.90 Å². The number of nitrogens with two attached hydrogens (primary N) is 1. The lowest BCUT2D eigenvalue weighted by atomic mass is 10.0. The molecule has 2 rings (SSSR count). The number of rotatable bonds is 4. The molecule has 0 bridgehead atoms. The molecule has 0 saturated carbocycles. The minimum Gasteiger partial charge on any atom is -0.472 e. The van der Waals surface area contributed by atoms with Crippen molar-refractivity contribution >= 4 is 0 Å². The van der Waals surface area contributed by atoms with Gasteiger partial charge in [0.25, 0.3) is 0 Å². The number of furan rings is 1. The van der Waals surface area contributed by atoms with Crippen molar-refractivity contribution in [3.63, 3.8) is 0 Å². The Morgan fingerprint density at radius 3 is 3.12 bits per heavy atom. The molecule has 2 N–H and O–H groups in total. The fourth-order valence-corrected chi connectivity index (χ4v) is 2.36. The van der Waals surface area contributed by atoms with E-state index in [2.05, 4.69) is 11.8 Å². The molecule has 1 saturated heterocycles. The Kier molecular flexibility index (Phi) is 3.98. The van der Waals surface area contributed by atoms with Gasteiger partial charge in [-0.05, 0) is 12.5 Å². The highest BCUT2D eigenvalue weighted by atomic mass is 16.5. The van der Waals surface area contributed by atoms with E-state index in [1.54, 1.807) is 12.5 Å². The Hall–Kier alpha value is -0.840. The second-order valence-corrected chi connectivity index (χ2v) is 4.18. The van der Waals surface area contributed by atoms with Gasteiger partial charge < -0.3 is 14.9 Å². The summed E-state index contributed by atoms with van der Waals surface area (Å²) < 4.78 is 10.7. The molecular weight excluding hydrogens is 204 g/mol. The van der Waals surface area contributed by atoms with Crippen LogP contribution in [0, 0.1) is 0 Å². The Bertz CT molecular complexity index is 300. The minimum atomic E-state index is 0.257. The SMILES string of the molecule is CCC1COCCN1C(CN)c1ccoc1. The van der Waals surface area contributed by atoms with Crippen molar-refractivity contribution in [3.05, 3.63) is 24.2 Å². The van der Waals surface area contributed by atoms with Gasteiger partial charge in [-0.15, -0.1) is 0 Å². The highest BCUT2D eigenvalue weighted by molar-refractivity contribution is 5.13. The summed E-state index contributed by atoms with van der Waals surface area (Å²) in [5, 5.41) is 0. The third-order valence-corrected chi connectivity index (χ3v) is 3.30. The molecule has 0 amide bonds. The summed E-state index contributed by atoms with van der Waals surface area (Å²) in [5.41, 5.74) is 7.06. The monoisotopic (exact) mass is 224 g/mol. The molecular formula is C12H20N2O2. The van der Waals surface area contributed by atoms with Crippen LogP contribution in [0.3, 0.4) is 0 Å². The van der Waals surface area contributed by atoms with E-state index in [-0.39, 0.29) is 6.04 Å². The van der Waals surface area contributed by atoms with Crippen molar-refractivity contribution in [2.75, 3.05) is 26.3 Å². The quantitative estimate of drug-likeness (QED) is 0.839. The molecule has 2 unspecified atom stereocenters. The topological polar surface area (TPSA) is 51.6 Å². The molecule has 4 nitrogen and oxygen atoms in total. The highest BCUT2D eigenvalue weighted by Crippen LogP contribution is 2.25. The number of nitrogens with zero attached hydrogens (tertiary/aromatic N) is 1. The molecule has 4 heteroatoms. The van der Waals surface area contributed by atoms with E-state index in [0.717, 1.165) is 26.2 Å². The number of hydrogen-bond acceptors (Lipinski definition) is 4. The lowest BCUT2D eigenvalue weighted by molar-refractivity contribution is -0.0292. The van der Waals surface area contributed by atoms with Crippen LogP contribution in [0.15, 0.2) is 23.0 Å². The van der Waals surface area contributed by atoms with Gasteiger partial charge in [0.1, 0.15) is 0 Å². The van der Waals surface area contributed by atoms with Crippen LogP contribution in [0.2, 0.25) is 0 Å². The van der Waals surface area contributed by atoms with Crippen LogP contribution in [0.25, 0.3) is 0 Å². The second-order valence-electron chi connectivity index (χ2n) is 4.18. The van der Waals surface area contributed by atoms with Gasteiger partial charge in [0.2, 0.25) is 0 Å². The maximum Gasteiger partial charge on any atom is 0.0950 e. The minimum absolute atomic E-state index is 0.257. The van der Waals surface area contributed by atoms with Crippen LogP contribution in [0.4, 0.5) is 0 Å². The van der Waals surface area contributed by atoms with E-state index < -0.39 is 0 Å². The average molecular weight is 224 g/mol. The molecule has 1 aliphatic heterocycles. The van der Waals surface area contributed by atoms with Crippen molar-refractivity contribution in [2.45, 2.75) is 25.4 Å². The smallest absolute Gasteiger partial charge is 0.0950 e. The molecule has 90 valence electrons. The summed E-state index contributed by atoms with van der Waals surface area (Å²) >= 11 is 0. The Morgan fingerprint density at radius 2 is 2.50 bits per heavy atom. The first kappa shape index (κ1) is 11.6. The van der Waals surface area contributed by atoms with Crippen LogP contribution < -0.4 is 5.73 Å². The summed E-state index contributed by atoms with van der Waals surface area (Å²) in [5.74, 6) is 0. The average Bonchev–Trinajstić information content (AvgIpc) is 2.84. The molecule has 1 aliphatic rings. The summed E-state index contributed by atoms with van der Waals surface area (Å²) in [4.78, 5) is 2.44. The maximum atomic E-state index is 5.89. The molecule has 0 radical (unpaired) electrons. The predicted octanol–water partition coefficient (Wildman–Crippen LogP) is 1.39. The van der Waals surface area contributed by atoms with Crippen LogP contribution in [-0.4, -0.2) is 37.2 Å². The Balaban J connectivity index is 2.13. The van der Waals surface area contributed by atoms with Gasteiger partial charge in [0.15, 0.2) is 0 Å². The Morgan fingerprint density at radius 1 is 1.62 bits per heavy atom. The van der Waals surface area contributed by atoms with Gasteiger partial charge in [0, 0.05) is 24.7 Å². The van der Waals surface area contributed by atoms with Gasteiger partial charge >= 0.3 is 0 Å². The van der Waals surface area contributed by atoms with Crippen LogP contribution in [-0.2, 0) is 4.74 Å². The summed E-state index contributed by atoms with van der Waals surface area (Å²) in [7, 11) is 0. The van der Waals surface area contributed by atoms with E-state index in [9.17, 15) is 0 Å². The van der Waals surface area contributed by atoms with E-state index in [1.165, 1.54) is 5.56 Å². The maximum absolute atomic E-state index is 5.89. The molecule has 0 spiro atoms. The first-order chi connectivity index (χ1) is 7.86. The van der Waals surface area contributed by atoms with Crippen molar-refractivity contribution in [3.8, 4) is 0 Å². The van der Waals surface area contributed by atoms with E-state index in [1.807, 2.05) is 6.07 Å². The van der Waals surface area contributed by atoms with Crippen molar-refractivity contribution in [2.24, 2.45) is 5.73 Å². The molecule has 0 aromatic carbocycles. The van der Waals surface area contributed by atoms with Gasteiger partial charge in [-0.2, -0.15) is 0 Å². The molecule has 16 heavy (non-hydrogen) atoms. The normalized spacial score (nSPS) is 24.5. The summed E-state index contributed by atoms with van der Waals surface area (Å²) in [6, 6.07) is 2.73. The first-order valence-corrected chi connectivity index (χ1v) is 5.92. The van der Waals surface area contributed by atoms with Crippen molar-refractivity contribution in [1.29, 1.82) is 0 Å². The van der Waals surface area contributed by atoms with E-state index in [0.29, 0.717) is 12.6 Å². The zero-order valence-electron chi connectivity index (χ0n) is 9.76. The van der Waals surface area contributed by atoms with E-state index >= 15 is 0 Å². The predicted molar refractivity (Wildman–Crippen MR) is 62.1 cm³/mol. The largest absolute Gasteiger partial charge is 0.472 e. The zero-order chi connectivity index (χ0) is 11.4. The lowest BCUT2D eigenvalue weighted by Crippen LogP contribution is -2.48. The van der Waals surface area contributed by atoms with Gasteiger partial charge in [-0.3, -0.25) is 4.90 Å². The third-order valence-electron chi connectivity index (χ3n) is 3.30. The third kappa shape index (κ3) is 2.29. The van der Waals surface area contributed by atoms with Crippen LogP contribution >= 0.6 is 0 Å². The molecule has 1 fully saturated rings. The molecule has 2 heterocycles. The van der Waals surface area contributed by atoms with Gasteiger partial charge in [0.05, 0.1) is 31.8 Å². The van der Waals surface area contributed by atoms with Crippen molar-refractivity contribution < 1.29 is 9.15 Å². The fraction of sp³-hybridized carbons (Fsp3) is 0.667. The zero-order valence-corrected chi connectivity index (χ0v) is 9.76. The summed E-state index contributed by atoms with van der Waals surface area (Å²) in [6.45, 7) is 5.37. The molecule has 1 aromatic heterocycles. The van der Waals surface area contributed by atoms with E-state index in [4.69, 9.17) is 14.9 Å². The molecule has 2 atom stereocenters. The fourth-order valence-electron chi connectivity index (χ4n) is 2.36. The number of morpholine rings is 1. The van der Waals surface area contributed by atoms with Gasteiger partial charge in [-0.25, -0.2) is 0 Å². The van der Waals surface area contributed by atoms with Crippen LogP contribution in [0.1, 0.15) is 24.9 Å². The second kappa shape index (κ2) is 5.48. The summed E-state index contributed by atoms with van der Waals surface area (Å²) in [6.07, 6.45) is 4.59. The van der Waals surface area contributed by atoms with Gasteiger partial charge in [-0.1, -0.05) is 6.92 Å². The number of ether oxygens (including phenoxy) is 1. The first-order valence-electron chi connectivity index (χ1n) is 5.92. The highest BCUT2D eigenvalue weighted by Gasteiger charge is 2.28.